The number of anilines is 1. The summed E-state index contributed by atoms with van der Waals surface area (Å²) in [7, 11) is 0. The fourth-order valence-corrected chi connectivity index (χ4v) is 1.86. The molecule has 0 saturated heterocycles. The van der Waals surface area contributed by atoms with E-state index >= 15 is 0 Å². The van der Waals surface area contributed by atoms with Gasteiger partial charge >= 0.3 is 0 Å². The van der Waals surface area contributed by atoms with Gasteiger partial charge in [-0.05, 0) is 13.8 Å². The molecule has 0 bridgehead atoms. The Morgan fingerprint density at radius 1 is 1.21 bits per heavy atom. The molecule has 2 rings (SSSR count). The molecule has 0 atom stereocenters. The molecule has 2 N–H and O–H groups in total. The van der Waals surface area contributed by atoms with Crippen LogP contribution >= 0.6 is 11.6 Å². The zero-order chi connectivity index (χ0) is 14.4. The maximum Gasteiger partial charge on any atom is 0.159 e. The molecule has 0 aliphatic rings. The number of halogens is 1. The molecule has 0 aliphatic carbocycles. The molecule has 0 spiro atoms. The van der Waals surface area contributed by atoms with Crippen LogP contribution in [0.5, 0.6) is 0 Å². The summed E-state index contributed by atoms with van der Waals surface area (Å²) in [6, 6.07) is 1.70. The molecule has 19 heavy (non-hydrogen) atoms. The second kappa shape index (κ2) is 4.49. The normalized spacial score (nSPS) is 11.9. The van der Waals surface area contributed by atoms with Crippen LogP contribution < -0.4 is 5.73 Å². The van der Waals surface area contributed by atoms with Gasteiger partial charge in [0.2, 0.25) is 0 Å². The van der Waals surface area contributed by atoms with E-state index in [1.54, 1.807) is 10.7 Å². The molecule has 0 aliphatic heterocycles. The van der Waals surface area contributed by atoms with E-state index in [4.69, 9.17) is 17.3 Å². The quantitative estimate of drug-likeness (QED) is 0.871. The summed E-state index contributed by atoms with van der Waals surface area (Å²) < 4.78 is 1.70. The second-order valence-electron chi connectivity index (χ2n) is 5.62. The lowest BCUT2D eigenvalue weighted by atomic mass is 9.96. The number of hydrogen-bond donors (Lipinski definition) is 1. The van der Waals surface area contributed by atoms with E-state index in [2.05, 4.69) is 15.1 Å². The van der Waals surface area contributed by atoms with E-state index in [9.17, 15) is 0 Å². The molecule has 0 aromatic carbocycles. The third kappa shape index (κ3) is 2.56. The van der Waals surface area contributed by atoms with E-state index in [1.807, 2.05) is 34.6 Å². The third-order valence-electron chi connectivity index (χ3n) is 2.82. The molecule has 2 heterocycles. The van der Waals surface area contributed by atoms with Gasteiger partial charge in [-0.2, -0.15) is 5.10 Å². The Balaban J connectivity index is 2.63. The molecule has 0 radical (unpaired) electrons. The molecule has 6 heteroatoms. The van der Waals surface area contributed by atoms with Gasteiger partial charge < -0.3 is 5.73 Å². The van der Waals surface area contributed by atoms with Crippen LogP contribution in [0.25, 0.3) is 5.82 Å². The van der Waals surface area contributed by atoms with Gasteiger partial charge in [-0.1, -0.05) is 32.4 Å². The zero-order valence-corrected chi connectivity index (χ0v) is 12.6. The molecule has 0 saturated carbocycles. The molecular weight excluding hydrogens is 262 g/mol. The number of aryl methyl sites for hydroxylation is 1. The standard InChI is InChI=1S/C13H18ClN5/c1-7-11(14)8(2)19(18-7)10-6-9(15)16-12(17-10)13(3,4)5/h6H,1-5H3,(H2,15,16,17). The van der Waals surface area contributed by atoms with Crippen molar-refractivity contribution in [1.82, 2.24) is 19.7 Å². The fourth-order valence-electron chi connectivity index (χ4n) is 1.74. The van der Waals surface area contributed by atoms with Crippen molar-refractivity contribution in [2.75, 3.05) is 5.73 Å². The van der Waals surface area contributed by atoms with Crippen molar-refractivity contribution in [2.24, 2.45) is 0 Å². The van der Waals surface area contributed by atoms with E-state index in [0.29, 0.717) is 22.5 Å². The minimum Gasteiger partial charge on any atom is -0.384 e. The highest BCUT2D eigenvalue weighted by Crippen LogP contribution is 2.24. The van der Waals surface area contributed by atoms with Crippen LogP contribution in [-0.2, 0) is 5.41 Å². The molecule has 2 aromatic heterocycles. The maximum atomic E-state index is 6.16. The van der Waals surface area contributed by atoms with Crippen LogP contribution in [0.4, 0.5) is 5.82 Å². The highest BCUT2D eigenvalue weighted by Gasteiger charge is 2.20. The topological polar surface area (TPSA) is 69.6 Å². The Labute approximate surface area is 117 Å². The minimum absolute atomic E-state index is 0.177. The molecule has 2 aromatic rings. The van der Waals surface area contributed by atoms with Crippen LogP contribution in [0, 0.1) is 13.8 Å². The summed E-state index contributed by atoms with van der Waals surface area (Å²) in [4.78, 5) is 8.82. The average Bonchev–Trinajstić information content (AvgIpc) is 2.55. The minimum atomic E-state index is -0.177. The summed E-state index contributed by atoms with van der Waals surface area (Å²) in [5.74, 6) is 1.76. The van der Waals surface area contributed by atoms with Gasteiger partial charge in [-0.3, -0.25) is 0 Å². The first-order valence-corrected chi connectivity index (χ1v) is 6.45. The number of rotatable bonds is 1. The number of nitrogens with zero attached hydrogens (tertiary/aromatic N) is 4. The largest absolute Gasteiger partial charge is 0.384 e. The van der Waals surface area contributed by atoms with Crippen molar-refractivity contribution in [2.45, 2.75) is 40.0 Å². The first kappa shape index (κ1) is 13.8. The Morgan fingerprint density at radius 2 is 1.84 bits per heavy atom. The average molecular weight is 280 g/mol. The Hall–Kier alpha value is -1.62. The van der Waals surface area contributed by atoms with Crippen molar-refractivity contribution in [3.8, 4) is 5.82 Å². The summed E-state index contributed by atoms with van der Waals surface area (Å²) in [5.41, 5.74) is 7.30. The summed E-state index contributed by atoms with van der Waals surface area (Å²) in [6.07, 6.45) is 0. The van der Waals surface area contributed by atoms with Crippen LogP contribution in [0.1, 0.15) is 38.0 Å². The number of nitrogens with two attached hydrogens (primary N) is 1. The summed E-state index contributed by atoms with van der Waals surface area (Å²) in [6.45, 7) is 9.89. The van der Waals surface area contributed by atoms with Gasteiger partial charge in [-0.25, -0.2) is 14.6 Å². The molecule has 0 amide bonds. The Bertz CT molecular complexity index is 625. The van der Waals surface area contributed by atoms with Crippen molar-refractivity contribution >= 4 is 17.4 Å². The highest BCUT2D eigenvalue weighted by atomic mass is 35.5. The predicted octanol–water partition coefficient (Wildman–Crippen LogP) is 2.81. The van der Waals surface area contributed by atoms with Gasteiger partial charge in [-0.15, -0.1) is 0 Å². The number of hydrogen-bond acceptors (Lipinski definition) is 4. The van der Waals surface area contributed by atoms with E-state index in [0.717, 1.165) is 11.4 Å². The van der Waals surface area contributed by atoms with Gasteiger partial charge in [0.15, 0.2) is 5.82 Å². The number of nitrogen functional groups attached to an aromatic ring is 1. The van der Waals surface area contributed by atoms with Gasteiger partial charge in [0, 0.05) is 11.5 Å². The lowest BCUT2D eigenvalue weighted by Gasteiger charge is -2.17. The molecule has 5 nitrogen and oxygen atoms in total. The monoisotopic (exact) mass is 279 g/mol. The lowest BCUT2D eigenvalue weighted by molar-refractivity contribution is 0.542. The van der Waals surface area contributed by atoms with E-state index in [-0.39, 0.29) is 5.41 Å². The SMILES string of the molecule is Cc1nn(-c2cc(N)nc(C(C)(C)C)n2)c(C)c1Cl. The highest BCUT2D eigenvalue weighted by molar-refractivity contribution is 6.31. The first-order valence-electron chi connectivity index (χ1n) is 6.07. The zero-order valence-electron chi connectivity index (χ0n) is 11.8. The Kier molecular flexibility index (Phi) is 3.26. The van der Waals surface area contributed by atoms with Crippen LogP contribution in [-0.4, -0.2) is 19.7 Å². The predicted molar refractivity (Wildman–Crippen MR) is 76.8 cm³/mol. The van der Waals surface area contributed by atoms with Crippen molar-refractivity contribution in [3.63, 3.8) is 0 Å². The summed E-state index contributed by atoms with van der Waals surface area (Å²) in [5, 5.41) is 5.03. The lowest BCUT2D eigenvalue weighted by Crippen LogP contribution is -2.19. The Morgan fingerprint density at radius 3 is 2.32 bits per heavy atom. The second-order valence-corrected chi connectivity index (χ2v) is 6.00. The summed E-state index contributed by atoms with van der Waals surface area (Å²) >= 11 is 6.16. The molecule has 102 valence electrons. The van der Waals surface area contributed by atoms with E-state index in [1.165, 1.54) is 0 Å². The van der Waals surface area contributed by atoms with E-state index < -0.39 is 0 Å². The first-order chi connectivity index (χ1) is 8.70. The maximum absolute atomic E-state index is 6.16. The van der Waals surface area contributed by atoms with Crippen LogP contribution in [0.15, 0.2) is 6.07 Å². The van der Waals surface area contributed by atoms with Gasteiger partial charge in [0.25, 0.3) is 0 Å². The van der Waals surface area contributed by atoms with Crippen molar-refractivity contribution in [3.05, 3.63) is 28.3 Å². The van der Waals surface area contributed by atoms with Crippen molar-refractivity contribution < 1.29 is 0 Å². The number of aromatic nitrogens is 4. The molecular formula is C13H18ClN5. The fraction of sp³-hybridized carbons (Fsp3) is 0.462. The third-order valence-corrected chi connectivity index (χ3v) is 3.37. The smallest absolute Gasteiger partial charge is 0.159 e. The molecule has 0 fully saturated rings. The van der Waals surface area contributed by atoms with Gasteiger partial charge in [0.05, 0.1) is 16.4 Å². The van der Waals surface area contributed by atoms with Crippen LogP contribution in [0.3, 0.4) is 0 Å². The van der Waals surface area contributed by atoms with Crippen molar-refractivity contribution in [1.29, 1.82) is 0 Å². The van der Waals surface area contributed by atoms with Gasteiger partial charge in [0.1, 0.15) is 11.6 Å². The molecule has 0 unspecified atom stereocenters. The van der Waals surface area contributed by atoms with Crippen LogP contribution in [0.2, 0.25) is 5.02 Å².